The van der Waals surface area contributed by atoms with E-state index in [1.165, 1.54) is 6.92 Å². The van der Waals surface area contributed by atoms with Gasteiger partial charge in [0.1, 0.15) is 11.3 Å². The maximum atomic E-state index is 12.3. The lowest BCUT2D eigenvalue weighted by Gasteiger charge is -2.13. The van der Waals surface area contributed by atoms with Gasteiger partial charge in [0, 0.05) is 11.8 Å². The standard InChI is InChI=1S/C21H19NO6/c1-12-4-9-18-16(10-12)17(23)11-19(28-18)21(25)27-13(2)20(24)22-14-5-7-15(26-3)8-6-14/h4-11,13H,1-3H3,(H,22,24)/t13-/m0/s1. The van der Waals surface area contributed by atoms with Crippen molar-refractivity contribution < 1.29 is 23.5 Å². The molecule has 0 unspecified atom stereocenters. The van der Waals surface area contributed by atoms with Crippen molar-refractivity contribution in [1.82, 2.24) is 0 Å². The second kappa shape index (κ2) is 7.96. The fourth-order valence-corrected chi connectivity index (χ4v) is 2.56. The lowest BCUT2D eigenvalue weighted by molar-refractivity contribution is -0.123. The summed E-state index contributed by atoms with van der Waals surface area (Å²) in [6.45, 7) is 3.28. The molecule has 0 spiro atoms. The summed E-state index contributed by atoms with van der Waals surface area (Å²) >= 11 is 0. The number of benzene rings is 2. The number of hydrogen-bond acceptors (Lipinski definition) is 6. The number of fused-ring (bicyclic) bond motifs is 1. The summed E-state index contributed by atoms with van der Waals surface area (Å²) in [6.07, 6.45) is -1.09. The molecule has 0 bridgehead atoms. The summed E-state index contributed by atoms with van der Waals surface area (Å²) in [5, 5.41) is 3.01. The van der Waals surface area contributed by atoms with Crippen molar-refractivity contribution in [2.75, 3.05) is 12.4 Å². The van der Waals surface area contributed by atoms with Gasteiger partial charge in [-0.25, -0.2) is 4.79 Å². The van der Waals surface area contributed by atoms with Crippen molar-refractivity contribution in [2.24, 2.45) is 0 Å². The molecule has 0 saturated heterocycles. The third kappa shape index (κ3) is 4.20. The molecular formula is C21H19NO6. The Labute approximate surface area is 160 Å². The van der Waals surface area contributed by atoms with Crippen LogP contribution >= 0.6 is 0 Å². The zero-order valence-electron chi connectivity index (χ0n) is 15.6. The maximum absolute atomic E-state index is 12.3. The average molecular weight is 381 g/mol. The van der Waals surface area contributed by atoms with E-state index in [2.05, 4.69) is 5.32 Å². The first-order chi connectivity index (χ1) is 13.4. The molecule has 28 heavy (non-hydrogen) atoms. The smallest absolute Gasteiger partial charge is 0.375 e. The molecule has 1 amide bonds. The zero-order valence-corrected chi connectivity index (χ0v) is 15.6. The highest BCUT2D eigenvalue weighted by Crippen LogP contribution is 2.17. The fourth-order valence-electron chi connectivity index (χ4n) is 2.56. The van der Waals surface area contributed by atoms with E-state index >= 15 is 0 Å². The SMILES string of the molecule is COc1ccc(NC(=O)[C@H](C)OC(=O)c2cc(=O)c3cc(C)ccc3o2)cc1. The molecule has 0 aliphatic carbocycles. The highest BCUT2D eigenvalue weighted by molar-refractivity contribution is 5.97. The molecular weight excluding hydrogens is 362 g/mol. The van der Waals surface area contributed by atoms with Gasteiger partial charge in [-0.15, -0.1) is 0 Å². The Hall–Kier alpha value is -3.61. The fraction of sp³-hybridized carbons (Fsp3) is 0.190. The lowest BCUT2D eigenvalue weighted by atomic mass is 10.1. The van der Waals surface area contributed by atoms with Gasteiger partial charge in [0.2, 0.25) is 5.76 Å². The van der Waals surface area contributed by atoms with Crippen LogP contribution in [-0.2, 0) is 9.53 Å². The Morgan fingerprint density at radius 3 is 2.46 bits per heavy atom. The number of amides is 1. The van der Waals surface area contributed by atoms with Crippen LogP contribution in [0.3, 0.4) is 0 Å². The van der Waals surface area contributed by atoms with E-state index < -0.39 is 18.0 Å². The van der Waals surface area contributed by atoms with E-state index in [1.54, 1.807) is 49.6 Å². The molecule has 2 aromatic carbocycles. The molecule has 0 radical (unpaired) electrons. The van der Waals surface area contributed by atoms with E-state index in [1.807, 2.05) is 6.92 Å². The van der Waals surface area contributed by atoms with Gasteiger partial charge in [-0.05, 0) is 50.2 Å². The molecule has 144 valence electrons. The molecule has 1 heterocycles. The van der Waals surface area contributed by atoms with Crippen molar-refractivity contribution in [3.05, 3.63) is 70.1 Å². The topological polar surface area (TPSA) is 94.8 Å². The van der Waals surface area contributed by atoms with Gasteiger partial charge in [-0.3, -0.25) is 9.59 Å². The summed E-state index contributed by atoms with van der Waals surface area (Å²) < 4.78 is 15.7. The van der Waals surface area contributed by atoms with E-state index in [4.69, 9.17) is 13.9 Å². The van der Waals surface area contributed by atoms with Crippen LogP contribution in [0.25, 0.3) is 11.0 Å². The van der Waals surface area contributed by atoms with Crippen molar-refractivity contribution in [3.63, 3.8) is 0 Å². The third-order valence-corrected chi connectivity index (χ3v) is 4.09. The first-order valence-electron chi connectivity index (χ1n) is 8.58. The molecule has 0 aliphatic rings. The van der Waals surface area contributed by atoms with E-state index in [-0.39, 0.29) is 16.8 Å². The first kappa shape index (κ1) is 19.2. The Bertz CT molecular complexity index is 1080. The number of carbonyl (C=O) groups is 2. The number of esters is 1. The number of nitrogens with one attached hydrogen (secondary N) is 1. The van der Waals surface area contributed by atoms with Crippen molar-refractivity contribution in [2.45, 2.75) is 20.0 Å². The van der Waals surface area contributed by atoms with Crippen LogP contribution in [-0.4, -0.2) is 25.1 Å². The Balaban J connectivity index is 1.71. The van der Waals surface area contributed by atoms with Crippen LogP contribution < -0.4 is 15.5 Å². The number of carbonyl (C=O) groups excluding carboxylic acids is 2. The van der Waals surface area contributed by atoms with E-state index in [0.29, 0.717) is 16.8 Å². The van der Waals surface area contributed by atoms with Crippen LogP contribution in [0, 0.1) is 6.92 Å². The van der Waals surface area contributed by atoms with Crippen LogP contribution in [0.15, 0.2) is 57.7 Å². The van der Waals surface area contributed by atoms with Gasteiger partial charge < -0.3 is 19.2 Å². The molecule has 0 aliphatic heterocycles. The molecule has 0 saturated carbocycles. The molecule has 1 aromatic heterocycles. The van der Waals surface area contributed by atoms with Crippen LogP contribution in [0.1, 0.15) is 23.0 Å². The minimum Gasteiger partial charge on any atom is -0.497 e. The first-order valence-corrected chi connectivity index (χ1v) is 8.58. The molecule has 1 N–H and O–H groups in total. The third-order valence-electron chi connectivity index (χ3n) is 4.09. The summed E-state index contributed by atoms with van der Waals surface area (Å²) in [4.78, 5) is 36.8. The van der Waals surface area contributed by atoms with Gasteiger partial charge in [0.05, 0.1) is 12.5 Å². The molecule has 3 aromatic rings. The molecule has 3 rings (SSSR count). The number of ether oxygens (including phenoxy) is 2. The van der Waals surface area contributed by atoms with Crippen molar-refractivity contribution in [1.29, 1.82) is 0 Å². The summed E-state index contributed by atoms with van der Waals surface area (Å²) in [5.74, 6) is -1.02. The average Bonchev–Trinajstić information content (AvgIpc) is 2.68. The molecule has 1 atom stereocenters. The molecule has 0 fully saturated rings. The monoisotopic (exact) mass is 381 g/mol. The summed E-state index contributed by atoms with van der Waals surface area (Å²) in [7, 11) is 1.54. The van der Waals surface area contributed by atoms with Gasteiger partial charge in [-0.2, -0.15) is 0 Å². The predicted molar refractivity (Wildman–Crippen MR) is 104 cm³/mol. The number of aryl methyl sites for hydroxylation is 1. The normalized spacial score (nSPS) is 11.7. The van der Waals surface area contributed by atoms with E-state index in [9.17, 15) is 14.4 Å². The van der Waals surface area contributed by atoms with Crippen molar-refractivity contribution >= 4 is 28.5 Å². The van der Waals surface area contributed by atoms with Crippen LogP contribution in [0.2, 0.25) is 0 Å². The largest absolute Gasteiger partial charge is 0.497 e. The highest BCUT2D eigenvalue weighted by Gasteiger charge is 2.21. The van der Waals surface area contributed by atoms with Crippen LogP contribution in [0.5, 0.6) is 5.75 Å². The Morgan fingerprint density at radius 2 is 1.79 bits per heavy atom. The van der Waals surface area contributed by atoms with Crippen molar-refractivity contribution in [3.8, 4) is 5.75 Å². The molecule has 7 heteroatoms. The number of methoxy groups -OCH3 is 1. The van der Waals surface area contributed by atoms with Gasteiger partial charge in [-0.1, -0.05) is 11.6 Å². The Kier molecular flexibility index (Phi) is 5.44. The minimum atomic E-state index is -1.09. The van der Waals surface area contributed by atoms with Gasteiger partial charge in [0.25, 0.3) is 5.91 Å². The number of hydrogen-bond donors (Lipinski definition) is 1. The van der Waals surface area contributed by atoms with Gasteiger partial charge >= 0.3 is 5.97 Å². The summed E-state index contributed by atoms with van der Waals surface area (Å²) in [5.41, 5.74) is 1.35. The highest BCUT2D eigenvalue weighted by atomic mass is 16.6. The van der Waals surface area contributed by atoms with Gasteiger partial charge in [0.15, 0.2) is 11.5 Å². The minimum absolute atomic E-state index is 0.259. The zero-order chi connectivity index (χ0) is 20.3. The quantitative estimate of drug-likeness (QED) is 0.682. The second-order valence-electron chi connectivity index (χ2n) is 6.24. The van der Waals surface area contributed by atoms with E-state index in [0.717, 1.165) is 11.6 Å². The lowest BCUT2D eigenvalue weighted by Crippen LogP contribution is -2.30. The predicted octanol–water partition coefficient (Wildman–Crippen LogP) is 3.29. The number of anilines is 1. The second-order valence-corrected chi connectivity index (χ2v) is 6.24. The number of rotatable bonds is 5. The molecule has 7 nitrogen and oxygen atoms in total. The maximum Gasteiger partial charge on any atom is 0.375 e. The Morgan fingerprint density at radius 1 is 1.07 bits per heavy atom. The van der Waals surface area contributed by atoms with Crippen LogP contribution in [0.4, 0.5) is 5.69 Å². The summed E-state index contributed by atoms with van der Waals surface area (Å²) in [6, 6.07) is 12.8.